The molecule has 320 valence electrons. The molecule has 3 N–H and O–H groups in total. The fourth-order valence-electron chi connectivity index (χ4n) is 8.63. The first kappa shape index (κ1) is 42.2. The average Bonchev–Trinajstić information content (AvgIpc) is 3.91. The predicted octanol–water partition coefficient (Wildman–Crippen LogP) is 8.33. The quantitative estimate of drug-likeness (QED) is 0.0770. The van der Waals surface area contributed by atoms with E-state index in [4.69, 9.17) is 16.3 Å². The number of rotatable bonds is 13. The van der Waals surface area contributed by atoms with Crippen LogP contribution in [0.3, 0.4) is 0 Å². The van der Waals surface area contributed by atoms with E-state index in [1.54, 1.807) is 30.5 Å². The lowest BCUT2D eigenvalue weighted by Gasteiger charge is -2.39. The minimum absolute atomic E-state index is 0.0137. The number of nitrogens with one attached hydrogen (secondary N) is 3. The van der Waals surface area contributed by atoms with Crippen molar-refractivity contribution in [2.24, 2.45) is 5.41 Å². The van der Waals surface area contributed by atoms with E-state index < -0.39 is 31.4 Å². The van der Waals surface area contributed by atoms with Gasteiger partial charge in [-0.2, -0.15) is 0 Å². The molecule has 2 aliphatic heterocycles. The van der Waals surface area contributed by atoms with E-state index in [1.165, 1.54) is 35.0 Å². The molecule has 0 spiro atoms. The summed E-state index contributed by atoms with van der Waals surface area (Å²) in [5, 5.41) is 16.9. The highest BCUT2D eigenvalue weighted by Crippen LogP contribution is 2.43. The Morgan fingerprint density at radius 2 is 1.80 bits per heavy atom. The van der Waals surface area contributed by atoms with Gasteiger partial charge in [0.1, 0.15) is 22.8 Å². The van der Waals surface area contributed by atoms with E-state index in [1.807, 2.05) is 18.2 Å². The number of nitro groups is 1. The Morgan fingerprint density at radius 1 is 1.02 bits per heavy atom. The highest BCUT2D eigenvalue weighted by molar-refractivity contribution is 7.90. The predicted molar refractivity (Wildman–Crippen MR) is 239 cm³/mol. The number of H-pyrrole nitrogens is 1. The Labute approximate surface area is 361 Å². The number of nitro benzene ring substituents is 1. The number of aromatic nitrogens is 2. The van der Waals surface area contributed by atoms with Crippen LogP contribution >= 0.6 is 11.6 Å². The van der Waals surface area contributed by atoms with E-state index >= 15 is 0 Å². The number of pyridine rings is 1. The second kappa shape index (κ2) is 17.5. The van der Waals surface area contributed by atoms with Gasteiger partial charge in [0.05, 0.1) is 21.6 Å². The molecule has 1 aliphatic carbocycles. The van der Waals surface area contributed by atoms with Crippen molar-refractivity contribution >= 4 is 61.2 Å². The Morgan fingerprint density at radius 3 is 2.54 bits per heavy atom. The summed E-state index contributed by atoms with van der Waals surface area (Å²) < 4.78 is 35.8. The van der Waals surface area contributed by atoms with Gasteiger partial charge < -0.3 is 24.8 Å². The lowest BCUT2D eigenvalue weighted by molar-refractivity contribution is -0.384. The number of likely N-dealkylation sites (tertiary alicyclic amines) is 1. The van der Waals surface area contributed by atoms with Crippen LogP contribution in [0.2, 0.25) is 5.02 Å². The Bertz CT molecular complexity index is 2590. The number of carbonyl (C=O) groups is 1. The van der Waals surface area contributed by atoms with Gasteiger partial charge in [-0.05, 0) is 97.3 Å². The lowest BCUT2D eigenvalue weighted by atomic mass is 9.72. The Balaban J connectivity index is 1.01. The van der Waals surface area contributed by atoms with Crippen molar-refractivity contribution in [3.05, 3.63) is 117 Å². The molecule has 0 bridgehead atoms. The van der Waals surface area contributed by atoms with Crippen molar-refractivity contribution in [2.75, 3.05) is 62.6 Å². The third kappa shape index (κ3) is 9.70. The summed E-state index contributed by atoms with van der Waals surface area (Å²) in [5.74, 6) is -0.456. The number of sulfonamides is 1. The SMILES string of the molecule is CCN1CC[C@@H](Nc2ccc(S(=O)(=O)NC(=O)c3ccc(N4CCN(CC5=C(c6ccc(Cl)cc6)CC(C)(C)CC5)CC4)cc3Oc3cnc4[nH]ccc4c3)cc2[N+](=O)[O-])C1. The van der Waals surface area contributed by atoms with Crippen LogP contribution in [0.5, 0.6) is 11.5 Å². The molecule has 2 saturated heterocycles. The highest BCUT2D eigenvalue weighted by Gasteiger charge is 2.31. The first-order chi connectivity index (χ1) is 29.2. The number of carbonyl (C=O) groups excluding carboxylic acids is 1. The Hall–Kier alpha value is -5.48. The molecular weight excluding hydrogens is 816 g/mol. The van der Waals surface area contributed by atoms with E-state index in [0.717, 1.165) is 100 Å². The van der Waals surface area contributed by atoms with Crippen LogP contribution in [0.4, 0.5) is 17.1 Å². The fraction of sp³-hybridized carbons (Fsp3) is 0.378. The second-order valence-electron chi connectivity index (χ2n) is 17.0. The van der Waals surface area contributed by atoms with Gasteiger partial charge in [0.25, 0.3) is 21.6 Å². The molecular formula is C45H51ClN8O6S. The lowest BCUT2D eigenvalue weighted by Crippen LogP contribution is -2.47. The van der Waals surface area contributed by atoms with E-state index in [9.17, 15) is 23.3 Å². The van der Waals surface area contributed by atoms with E-state index in [0.29, 0.717) is 11.4 Å². The highest BCUT2D eigenvalue weighted by atomic mass is 35.5. The van der Waals surface area contributed by atoms with Gasteiger partial charge in [0.2, 0.25) is 0 Å². The standard InChI is InChI=1S/C45H51ClN8O6S/c1-4-51-18-15-34(29-51)49-40-12-10-37(25-41(40)54(56)57)61(58,59)50-44(55)38-11-9-35(24-42(38)60-36-23-31-14-17-47-43(31)48-27-36)53-21-19-52(20-22-53)28-32-13-16-45(2,3)26-39(32)30-5-7-33(46)8-6-30/h5-12,14,17,23-25,27,34,49H,4,13,15-16,18-22,26,28-29H2,1-3H3,(H,47,48)(H,50,55)/t34-/m1/s1. The first-order valence-corrected chi connectivity index (χ1v) is 22.6. The van der Waals surface area contributed by atoms with Gasteiger partial charge >= 0.3 is 0 Å². The number of piperazine rings is 1. The largest absolute Gasteiger partial charge is 0.455 e. The summed E-state index contributed by atoms with van der Waals surface area (Å²) in [6.45, 7) is 13.2. The third-order valence-corrected chi connectivity index (χ3v) is 13.7. The van der Waals surface area contributed by atoms with Crippen LogP contribution in [0.25, 0.3) is 16.6 Å². The number of hydrogen-bond acceptors (Lipinski definition) is 11. The molecule has 2 fully saturated rings. The first-order valence-electron chi connectivity index (χ1n) is 20.8. The summed E-state index contributed by atoms with van der Waals surface area (Å²) in [6, 6.07) is 20.5. The third-order valence-electron chi connectivity index (χ3n) is 12.1. The maximum absolute atomic E-state index is 13.9. The summed E-state index contributed by atoms with van der Waals surface area (Å²) >= 11 is 6.24. The zero-order chi connectivity index (χ0) is 42.9. The van der Waals surface area contributed by atoms with Crippen LogP contribution in [-0.4, -0.2) is 97.4 Å². The summed E-state index contributed by atoms with van der Waals surface area (Å²) in [6.07, 6.45) is 7.30. The molecule has 61 heavy (non-hydrogen) atoms. The van der Waals surface area contributed by atoms with Crippen LogP contribution in [0.1, 0.15) is 62.4 Å². The van der Waals surface area contributed by atoms with E-state index in [-0.39, 0.29) is 28.5 Å². The number of allylic oxidation sites excluding steroid dienone is 1. The second-order valence-corrected chi connectivity index (χ2v) is 19.1. The maximum Gasteiger partial charge on any atom is 0.293 e. The van der Waals surface area contributed by atoms with Gasteiger partial charge in [-0.1, -0.05) is 50.1 Å². The molecule has 14 nitrogen and oxygen atoms in total. The molecule has 2 aromatic heterocycles. The van der Waals surface area contributed by atoms with Gasteiger partial charge in [-0.15, -0.1) is 0 Å². The number of likely N-dealkylation sites (N-methyl/N-ethyl adjacent to an activating group) is 1. The number of nitrogens with zero attached hydrogens (tertiary/aromatic N) is 5. The van der Waals surface area contributed by atoms with Crippen molar-refractivity contribution in [3.63, 3.8) is 0 Å². The number of ether oxygens (including phenoxy) is 1. The molecule has 3 aliphatic rings. The summed E-state index contributed by atoms with van der Waals surface area (Å²) in [4.78, 5) is 39.4. The molecule has 4 heterocycles. The fourth-order valence-corrected chi connectivity index (χ4v) is 9.74. The van der Waals surface area contributed by atoms with Crippen molar-refractivity contribution < 1.29 is 22.9 Å². The summed E-state index contributed by atoms with van der Waals surface area (Å²) in [5.41, 5.74) is 5.61. The maximum atomic E-state index is 13.9. The molecule has 0 radical (unpaired) electrons. The van der Waals surface area contributed by atoms with Gasteiger partial charge in [-0.25, -0.2) is 18.1 Å². The molecule has 1 amide bonds. The van der Waals surface area contributed by atoms with Crippen LogP contribution < -0.4 is 19.7 Å². The number of amides is 1. The number of anilines is 2. The molecule has 0 saturated carbocycles. The number of aromatic amines is 1. The number of hydrogen-bond donors (Lipinski definition) is 3. The minimum atomic E-state index is -4.55. The normalized spacial score (nSPS) is 18.7. The molecule has 5 aromatic rings. The van der Waals surface area contributed by atoms with Crippen molar-refractivity contribution in [2.45, 2.75) is 57.4 Å². The van der Waals surface area contributed by atoms with E-state index in [2.05, 4.69) is 67.6 Å². The van der Waals surface area contributed by atoms with Crippen molar-refractivity contribution in [3.8, 4) is 11.5 Å². The smallest absolute Gasteiger partial charge is 0.293 e. The van der Waals surface area contributed by atoms with Crippen molar-refractivity contribution in [1.29, 1.82) is 0 Å². The number of halogens is 1. The summed E-state index contributed by atoms with van der Waals surface area (Å²) in [7, 11) is -4.55. The zero-order valence-electron chi connectivity index (χ0n) is 34.6. The molecule has 16 heteroatoms. The van der Waals surface area contributed by atoms with Gasteiger partial charge in [0.15, 0.2) is 0 Å². The minimum Gasteiger partial charge on any atom is -0.455 e. The number of benzene rings is 3. The monoisotopic (exact) mass is 866 g/mol. The topological polar surface area (TPSA) is 166 Å². The van der Waals surface area contributed by atoms with Crippen LogP contribution in [-0.2, 0) is 10.0 Å². The van der Waals surface area contributed by atoms with Gasteiger partial charge in [0, 0.05) is 86.3 Å². The number of fused-ring (bicyclic) bond motifs is 1. The van der Waals surface area contributed by atoms with Crippen molar-refractivity contribution in [1.82, 2.24) is 24.5 Å². The molecule has 1 atom stereocenters. The molecule has 8 rings (SSSR count). The van der Waals surface area contributed by atoms with Crippen LogP contribution in [0.15, 0.2) is 95.7 Å². The van der Waals surface area contributed by atoms with Gasteiger partial charge in [-0.3, -0.25) is 19.8 Å². The Kier molecular flexibility index (Phi) is 12.1. The zero-order valence-corrected chi connectivity index (χ0v) is 36.2. The average molecular weight is 867 g/mol. The molecule has 0 unspecified atom stereocenters. The molecule has 3 aromatic carbocycles. The van der Waals surface area contributed by atoms with Crippen LogP contribution in [0, 0.1) is 15.5 Å².